The molecule has 1 aromatic carbocycles. The normalized spacial score (nSPS) is 21.6. The van der Waals surface area contributed by atoms with Crippen molar-refractivity contribution >= 4 is 17.3 Å². The lowest BCUT2D eigenvalue weighted by molar-refractivity contribution is 0.371. The van der Waals surface area contributed by atoms with Gasteiger partial charge in [-0.1, -0.05) is 24.1 Å². The van der Waals surface area contributed by atoms with Gasteiger partial charge in [-0.05, 0) is 57.4 Å². The lowest BCUT2D eigenvalue weighted by atomic mass is 9.98. The van der Waals surface area contributed by atoms with Crippen LogP contribution in [0.1, 0.15) is 38.2 Å². The van der Waals surface area contributed by atoms with Gasteiger partial charge in [-0.2, -0.15) is 0 Å². The van der Waals surface area contributed by atoms with Crippen molar-refractivity contribution in [3.8, 4) is 0 Å². The zero-order valence-corrected chi connectivity index (χ0v) is 12.1. The van der Waals surface area contributed by atoms with Crippen LogP contribution in [-0.2, 0) is 0 Å². The van der Waals surface area contributed by atoms with Gasteiger partial charge in [0.05, 0.1) is 10.7 Å². The molecule has 2 rings (SSSR count). The first-order chi connectivity index (χ1) is 8.65. The van der Waals surface area contributed by atoms with Gasteiger partial charge in [-0.15, -0.1) is 0 Å². The Bertz CT molecular complexity index is 386. The van der Waals surface area contributed by atoms with Crippen LogP contribution in [0.15, 0.2) is 18.2 Å². The fraction of sp³-hybridized carbons (Fsp3) is 0.600. The Morgan fingerprint density at radius 3 is 3.00 bits per heavy atom. The minimum absolute atomic E-state index is 0.444. The molecule has 1 heterocycles. The summed E-state index contributed by atoms with van der Waals surface area (Å²) in [5.41, 5.74) is 2.30. The van der Waals surface area contributed by atoms with E-state index in [0.29, 0.717) is 12.1 Å². The molecule has 1 aromatic rings. The van der Waals surface area contributed by atoms with Crippen LogP contribution in [0.25, 0.3) is 0 Å². The molecule has 2 unspecified atom stereocenters. The van der Waals surface area contributed by atoms with Gasteiger partial charge in [0.15, 0.2) is 0 Å². The number of hydrogen-bond acceptors (Lipinski definition) is 2. The number of aryl methyl sites for hydroxylation is 1. The van der Waals surface area contributed by atoms with Crippen LogP contribution in [0.4, 0.5) is 5.69 Å². The molecule has 0 amide bonds. The number of nitrogens with one attached hydrogen (secondary N) is 2. The van der Waals surface area contributed by atoms with Gasteiger partial charge in [0.1, 0.15) is 0 Å². The summed E-state index contributed by atoms with van der Waals surface area (Å²) < 4.78 is 0. The Labute approximate surface area is 115 Å². The molecule has 100 valence electrons. The van der Waals surface area contributed by atoms with Gasteiger partial charge >= 0.3 is 0 Å². The average molecular weight is 267 g/mol. The monoisotopic (exact) mass is 266 g/mol. The minimum atomic E-state index is 0.444. The molecule has 0 saturated carbocycles. The SMILES string of the molecule is Cc1ccc(Cl)c(NC(C)CC2CCCCN2)c1. The highest BCUT2D eigenvalue weighted by Gasteiger charge is 2.16. The highest BCUT2D eigenvalue weighted by Crippen LogP contribution is 2.24. The van der Waals surface area contributed by atoms with Crippen molar-refractivity contribution in [2.24, 2.45) is 0 Å². The van der Waals surface area contributed by atoms with E-state index in [0.717, 1.165) is 17.1 Å². The van der Waals surface area contributed by atoms with E-state index in [-0.39, 0.29) is 0 Å². The second kappa shape index (κ2) is 6.44. The van der Waals surface area contributed by atoms with Gasteiger partial charge in [0.25, 0.3) is 0 Å². The first kappa shape index (κ1) is 13.7. The fourth-order valence-electron chi connectivity index (χ4n) is 2.63. The van der Waals surface area contributed by atoms with Crippen molar-refractivity contribution < 1.29 is 0 Å². The number of rotatable bonds is 4. The number of halogens is 1. The summed E-state index contributed by atoms with van der Waals surface area (Å²) in [4.78, 5) is 0. The van der Waals surface area contributed by atoms with Gasteiger partial charge in [0, 0.05) is 12.1 Å². The molecular weight excluding hydrogens is 244 g/mol. The summed E-state index contributed by atoms with van der Waals surface area (Å²) in [6.07, 6.45) is 5.13. The predicted molar refractivity (Wildman–Crippen MR) is 79.5 cm³/mol. The minimum Gasteiger partial charge on any atom is -0.381 e. The molecule has 0 aromatic heterocycles. The second-order valence-electron chi connectivity index (χ2n) is 5.41. The van der Waals surface area contributed by atoms with Crippen LogP contribution >= 0.6 is 11.6 Å². The standard InChI is InChI=1S/C15H23ClN2/c1-11-6-7-14(16)15(9-11)18-12(2)10-13-5-3-4-8-17-13/h6-7,9,12-13,17-18H,3-5,8,10H2,1-2H3. The maximum absolute atomic E-state index is 6.20. The maximum Gasteiger partial charge on any atom is 0.0637 e. The summed E-state index contributed by atoms with van der Waals surface area (Å²) >= 11 is 6.20. The van der Waals surface area contributed by atoms with E-state index in [1.165, 1.54) is 31.4 Å². The molecule has 2 nitrogen and oxygen atoms in total. The molecule has 0 radical (unpaired) electrons. The molecule has 1 aliphatic heterocycles. The second-order valence-corrected chi connectivity index (χ2v) is 5.82. The average Bonchev–Trinajstić information content (AvgIpc) is 2.35. The van der Waals surface area contributed by atoms with Crippen LogP contribution in [0.3, 0.4) is 0 Å². The highest BCUT2D eigenvalue weighted by molar-refractivity contribution is 6.33. The molecule has 3 heteroatoms. The number of piperidine rings is 1. The first-order valence-electron chi connectivity index (χ1n) is 6.91. The van der Waals surface area contributed by atoms with Gasteiger partial charge < -0.3 is 10.6 Å². The largest absolute Gasteiger partial charge is 0.381 e. The smallest absolute Gasteiger partial charge is 0.0637 e. The van der Waals surface area contributed by atoms with Crippen molar-refractivity contribution in [3.05, 3.63) is 28.8 Å². The summed E-state index contributed by atoms with van der Waals surface area (Å²) in [7, 11) is 0. The van der Waals surface area contributed by atoms with Crippen LogP contribution in [0.5, 0.6) is 0 Å². The zero-order valence-electron chi connectivity index (χ0n) is 11.3. The van der Waals surface area contributed by atoms with Crippen LogP contribution in [0, 0.1) is 6.92 Å². The quantitative estimate of drug-likeness (QED) is 0.861. The maximum atomic E-state index is 6.20. The van der Waals surface area contributed by atoms with Crippen LogP contribution in [0.2, 0.25) is 5.02 Å². The van der Waals surface area contributed by atoms with Crippen molar-refractivity contribution in [3.63, 3.8) is 0 Å². The van der Waals surface area contributed by atoms with Gasteiger partial charge in [0.2, 0.25) is 0 Å². The van der Waals surface area contributed by atoms with E-state index in [1.54, 1.807) is 0 Å². The number of benzene rings is 1. The van der Waals surface area contributed by atoms with Crippen LogP contribution in [-0.4, -0.2) is 18.6 Å². The molecule has 0 spiro atoms. The first-order valence-corrected chi connectivity index (χ1v) is 7.29. The molecule has 1 fully saturated rings. The van der Waals surface area contributed by atoms with E-state index >= 15 is 0 Å². The molecule has 2 atom stereocenters. The molecule has 1 aliphatic rings. The van der Waals surface area contributed by atoms with Crippen molar-refractivity contribution in [2.75, 3.05) is 11.9 Å². The lowest BCUT2D eigenvalue weighted by Gasteiger charge is -2.27. The molecule has 2 N–H and O–H groups in total. The lowest BCUT2D eigenvalue weighted by Crippen LogP contribution is -2.37. The molecule has 1 saturated heterocycles. The van der Waals surface area contributed by atoms with Gasteiger partial charge in [-0.3, -0.25) is 0 Å². The summed E-state index contributed by atoms with van der Waals surface area (Å²) in [6.45, 7) is 5.49. The summed E-state index contributed by atoms with van der Waals surface area (Å²) in [6, 6.07) is 7.23. The predicted octanol–water partition coefficient (Wildman–Crippen LogP) is 3.98. The Balaban J connectivity index is 1.89. The van der Waals surface area contributed by atoms with Crippen LogP contribution < -0.4 is 10.6 Å². The van der Waals surface area contributed by atoms with Gasteiger partial charge in [-0.25, -0.2) is 0 Å². The number of anilines is 1. The fourth-order valence-corrected chi connectivity index (χ4v) is 2.80. The van der Waals surface area contributed by atoms with Crippen molar-refractivity contribution in [1.29, 1.82) is 0 Å². The molecular formula is C15H23ClN2. The van der Waals surface area contributed by atoms with Crippen molar-refractivity contribution in [2.45, 2.75) is 51.6 Å². The third-order valence-electron chi connectivity index (χ3n) is 3.57. The molecule has 18 heavy (non-hydrogen) atoms. The van der Waals surface area contributed by atoms with E-state index in [1.807, 2.05) is 12.1 Å². The number of hydrogen-bond donors (Lipinski definition) is 2. The Kier molecular flexibility index (Phi) is 4.90. The highest BCUT2D eigenvalue weighted by atomic mass is 35.5. The topological polar surface area (TPSA) is 24.1 Å². The van der Waals surface area contributed by atoms with E-state index in [9.17, 15) is 0 Å². The third-order valence-corrected chi connectivity index (χ3v) is 3.90. The summed E-state index contributed by atoms with van der Waals surface area (Å²) in [5, 5.41) is 7.92. The molecule has 0 aliphatic carbocycles. The summed E-state index contributed by atoms with van der Waals surface area (Å²) in [5.74, 6) is 0. The third kappa shape index (κ3) is 3.89. The van der Waals surface area contributed by atoms with E-state index in [2.05, 4.69) is 30.5 Å². The Hall–Kier alpha value is -0.730. The Morgan fingerprint density at radius 1 is 1.44 bits per heavy atom. The van der Waals surface area contributed by atoms with Crippen molar-refractivity contribution in [1.82, 2.24) is 5.32 Å². The molecule has 0 bridgehead atoms. The van der Waals surface area contributed by atoms with E-state index in [4.69, 9.17) is 11.6 Å². The Morgan fingerprint density at radius 2 is 2.28 bits per heavy atom. The zero-order chi connectivity index (χ0) is 13.0. The van der Waals surface area contributed by atoms with E-state index < -0.39 is 0 Å².